The summed E-state index contributed by atoms with van der Waals surface area (Å²) in [4.78, 5) is 50.6. The van der Waals surface area contributed by atoms with Crippen molar-refractivity contribution in [3.8, 4) is 0 Å². The number of amides is 3. The number of aliphatic hydroxyl groups excluding tert-OH is 1. The summed E-state index contributed by atoms with van der Waals surface area (Å²) in [6.45, 7) is -0.238. The zero-order valence-electron chi connectivity index (χ0n) is 13.9. The maximum Gasteiger partial charge on any atom is 0.322 e. The number of aliphatic carboxylic acids is 1. The summed E-state index contributed by atoms with van der Waals surface area (Å²) in [6.07, 6.45) is 2.20. The molecule has 2 fully saturated rings. The topological polar surface area (TPSA) is 153 Å². The number of likely N-dealkylation sites (tertiary alicyclic amines) is 2. The van der Waals surface area contributed by atoms with Crippen molar-refractivity contribution in [1.82, 2.24) is 15.1 Å². The highest BCUT2D eigenvalue weighted by Gasteiger charge is 2.42. The molecule has 0 aliphatic carbocycles. The smallest absolute Gasteiger partial charge is 0.322 e. The van der Waals surface area contributed by atoms with Crippen molar-refractivity contribution < 1.29 is 29.4 Å². The number of hydrogen-bond acceptors (Lipinski definition) is 6. The highest BCUT2D eigenvalue weighted by molar-refractivity contribution is 5.94. The molecule has 0 saturated carbocycles. The molecule has 3 unspecified atom stereocenters. The van der Waals surface area contributed by atoms with Gasteiger partial charge in [-0.3, -0.25) is 19.2 Å². The van der Waals surface area contributed by atoms with Crippen LogP contribution in [0.2, 0.25) is 0 Å². The lowest BCUT2D eigenvalue weighted by Crippen LogP contribution is -2.55. The number of hydrogen-bond donors (Lipinski definition) is 4. The SMILES string of the molecule is NC(CO)C(=O)N1CCCC1C(=O)N1CCCC1C(=O)NCC(=O)O. The van der Waals surface area contributed by atoms with Crippen LogP contribution in [0.1, 0.15) is 25.7 Å². The number of aliphatic hydroxyl groups is 1. The Morgan fingerprint density at radius 2 is 1.68 bits per heavy atom. The average Bonchev–Trinajstić information content (AvgIpc) is 3.26. The molecule has 0 spiro atoms. The Morgan fingerprint density at radius 1 is 1.08 bits per heavy atom. The number of carboxylic acids is 1. The third-order valence-corrected chi connectivity index (χ3v) is 4.59. The first kappa shape index (κ1) is 19.1. The van der Waals surface area contributed by atoms with Gasteiger partial charge >= 0.3 is 5.97 Å². The van der Waals surface area contributed by atoms with Gasteiger partial charge in [0.25, 0.3) is 0 Å². The second-order valence-electron chi connectivity index (χ2n) is 6.28. The first-order valence-electron chi connectivity index (χ1n) is 8.33. The van der Waals surface area contributed by atoms with E-state index < -0.39 is 49.1 Å². The van der Waals surface area contributed by atoms with Gasteiger partial charge in [-0.15, -0.1) is 0 Å². The van der Waals surface area contributed by atoms with Gasteiger partial charge < -0.3 is 31.1 Å². The fourth-order valence-corrected chi connectivity index (χ4v) is 3.35. The summed E-state index contributed by atoms with van der Waals surface area (Å²) in [5, 5.41) is 20.0. The van der Waals surface area contributed by atoms with Crippen molar-refractivity contribution in [3.63, 3.8) is 0 Å². The van der Waals surface area contributed by atoms with Gasteiger partial charge in [0.2, 0.25) is 17.7 Å². The quantitative estimate of drug-likeness (QED) is 0.410. The summed E-state index contributed by atoms with van der Waals surface area (Å²) in [5.74, 6) is -2.47. The molecule has 25 heavy (non-hydrogen) atoms. The first-order valence-corrected chi connectivity index (χ1v) is 8.33. The molecule has 2 aliphatic heterocycles. The third kappa shape index (κ3) is 4.26. The summed E-state index contributed by atoms with van der Waals surface area (Å²) in [6, 6.07) is -2.49. The number of rotatable bonds is 6. The Kier molecular flexibility index (Phi) is 6.32. The number of carbonyl (C=O) groups is 4. The minimum Gasteiger partial charge on any atom is -0.480 e. The molecule has 140 valence electrons. The molecule has 3 amide bonds. The largest absolute Gasteiger partial charge is 0.480 e. The second-order valence-corrected chi connectivity index (χ2v) is 6.28. The molecular weight excluding hydrogens is 332 g/mol. The molecule has 0 bridgehead atoms. The van der Waals surface area contributed by atoms with Crippen LogP contribution in [-0.4, -0.2) is 88.1 Å². The summed E-state index contributed by atoms with van der Waals surface area (Å²) >= 11 is 0. The van der Waals surface area contributed by atoms with Crippen LogP contribution in [0.25, 0.3) is 0 Å². The summed E-state index contributed by atoms with van der Waals surface area (Å²) in [7, 11) is 0. The molecule has 10 nitrogen and oxygen atoms in total. The van der Waals surface area contributed by atoms with E-state index in [1.54, 1.807) is 0 Å². The van der Waals surface area contributed by atoms with E-state index in [0.29, 0.717) is 38.8 Å². The van der Waals surface area contributed by atoms with Crippen LogP contribution >= 0.6 is 0 Å². The van der Waals surface area contributed by atoms with Crippen molar-refractivity contribution in [2.24, 2.45) is 5.73 Å². The van der Waals surface area contributed by atoms with Gasteiger partial charge in [0.15, 0.2) is 0 Å². The zero-order chi connectivity index (χ0) is 18.6. The van der Waals surface area contributed by atoms with Crippen molar-refractivity contribution in [2.45, 2.75) is 43.8 Å². The van der Waals surface area contributed by atoms with Gasteiger partial charge in [-0.2, -0.15) is 0 Å². The monoisotopic (exact) mass is 356 g/mol. The fraction of sp³-hybridized carbons (Fsp3) is 0.733. The van der Waals surface area contributed by atoms with Crippen molar-refractivity contribution in [2.75, 3.05) is 26.2 Å². The molecule has 0 aromatic carbocycles. The van der Waals surface area contributed by atoms with Gasteiger partial charge in [-0.25, -0.2) is 0 Å². The van der Waals surface area contributed by atoms with E-state index in [4.69, 9.17) is 15.9 Å². The molecule has 0 radical (unpaired) electrons. The summed E-state index contributed by atoms with van der Waals surface area (Å²) in [5.41, 5.74) is 5.57. The Labute approximate surface area is 144 Å². The van der Waals surface area contributed by atoms with Gasteiger partial charge in [-0.1, -0.05) is 0 Å². The average molecular weight is 356 g/mol. The van der Waals surface area contributed by atoms with E-state index in [0.717, 1.165) is 0 Å². The Balaban J connectivity index is 2.06. The Hall–Kier alpha value is -2.20. The maximum atomic E-state index is 12.9. The number of nitrogens with two attached hydrogens (primary N) is 1. The van der Waals surface area contributed by atoms with E-state index >= 15 is 0 Å². The van der Waals surface area contributed by atoms with Crippen LogP contribution in [0.3, 0.4) is 0 Å². The zero-order valence-corrected chi connectivity index (χ0v) is 13.9. The van der Waals surface area contributed by atoms with Gasteiger partial charge in [0, 0.05) is 13.1 Å². The Bertz CT molecular complexity index is 554. The van der Waals surface area contributed by atoms with Crippen molar-refractivity contribution in [1.29, 1.82) is 0 Å². The van der Waals surface area contributed by atoms with Crippen LogP contribution in [0.5, 0.6) is 0 Å². The number of carbonyl (C=O) groups excluding carboxylic acids is 3. The second kappa shape index (κ2) is 8.26. The Morgan fingerprint density at radius 3 is 2.28 bits per heavy atom. The number of carboxylic acid groups (broad SMARTS) is 1. The highest BCUT2D eigenvalue weighted by Crippen LogP contribution is 2.25. The van der Waals surface area contributed by atoms with Gasteiger partial charge in [0.05, 0.1) is 6.61 Å². The van der Waals surface area contributed by atoms with Crippen LogP contribution in [0, 0.1) is 0 Å². The van der Waals surface area contributed by atoms with Crippen LogP contribution in [-0.2, 0) is 19.2 Å². The normalized spacial score (nSPS) is 24.2. The number of nitrogens with zero attached hydrogens (tertiary/aromatic N) is 2. The van der Waals surface area contributed by atoms with Crippen molar-refractivity contribution in [3.05, 3.63) is 0 Å². The van der Waals surface area contributed by atoms with E-state index in [-0.39, 0.29) is 5.91 Å². The molecule has 0 aromatic rings. The molecule has 0 aromatic heterocycles. The van der Waals surface area contributed by atoms with Crippen LogP contribution < -0.4 is 11.1 Å². The molecule has 2 rings (SSSR count). The lowest BCUT2D eigenvalue weighted by atomic mass is 10.1. The third-order valence-electron chi connectivity index (χ3n) is 4.59. The molecule has 3 atom stereocenters. The molecule has 5 N–H and O–H groups in total. The minimum atomic E-state index is -1.16. The van der Waals surface area contributed by atoms with E-state index in [1.165, 1.54) is 9.80 Å². The predicted octanol–water partition coefficient (Wildman–Crippen LogP) is -2.51. The van der Waals surface area contributed by atoms with Gasteiger partial charge in [-0.05, 0) is 25.7 Å². The first-order chi connectivity index (χ1) is 11.9. The van der Waals surface area contributed by atoms with E-state index in [1.807, 2.05) is 0 Å². The lowest BCUT2D eigenvalue weighted by Gasteiger charge is -2.31. The van der Waals surface area contributed by atoms with Gasteiger partial charge in [0.1, 0.15) is 24.7 Å². The summed E-state index contributed by atoms with van der Waals surface area (Å²) < 4.78 is 0. The highest BCUT2D eigenvalue weighted by atomic mass is 16.4. The lowest BCUT2D eigenvalue weighted by molar-refractivity contribution is -0.147. The standard InChI is InChI=1S/C15H24N4O6/c16-9(8-20)14(24)19-6-2-4-11(19)15(25)18-5-1-3-10(18)13(23)17-7-12(21)22/h9-11,20H,1-8,16H2,(H,17,23)(H,21,22). The molecule has 10 heteroatoms. The molecule has 2 saturated heterocycles. The van der Waals surface area contributed by atoms with E-state index in [2.05, 4.69) is 5.32 Å². The fourth-order valence-electron chi connectivity index (χ4n) is 3.35. The number of nitrogens with one attached hydrogen (secondary N) is 1. The molecule has 2 heterocycles. The van der Waals surface area contributed by atoms with Crippen molar-refractivity contribution >= 4 is 23.7 Å². The van der Waals surface area contributed by atoms with E-state index in [9.17, 15) is 19.2 Å². The molecule has 2 aliphatic rings. The predicted molar refractivity (Wildman–Crippen MR) is 85.2 cm³/mol. The molecular formula is C15H24N4O6. The van der Waals surface area contributed by atoms with Crippen LogP contribution in [0.4, 0.5) is 0 Å². The maximum absolute atomic E-state index is 12.9. The minimum absolute atomic E-state index is 0.330. The van der Waals surface area contributed by atoms with Crippen LogP contribution in [0.15, 0.2) is 0 Å².